The average molecular weight is 383 g/mol. The highest BCUT2D eigenvalue weighted by Crippen LogP contribution is 2.22. The number of nitrogens with zero attached hydrogens (tertiary/aromatic N) is 3. The third-order valence-electron chi connectivity index (χ3n) is 5.14. The van der Waals surface area contributed by atoms with E-state index in [-0.39, 0.29) is 11.8 Å². The minimum atomic E-state index is -0.170. The van der Waals surface area contributed by atoms with Crippen molar-refractivity contribution in [3.8, 4) is 0 Å². The minimum Gasteiger partial charge on any atom is -0.351 e. The summed E-state index contributed by atoms with van der Waals surface area (Å²) in [5.74, 6) is 0.589. The first-order chi connectivity index (χ1) is 13.5. The highest BCUT2D eigenvalue weighted by Gasteiger charge is 2.28. The van der Waals surface area contributed by atoms with Crippen molar-refractivity contribution in [1.29, 1.82) is 0 Å². The maximum atomic E-state index is 13.1. The second-order valence-corrected chi connectivity index (χ2v) is 7.92. The Morgan fingerprint density at radius 3 is 2.68 bits per heavy atom. The third kappa shape index (κ3) is 4.61. The van der Waals surface area contributed by atoms with Crippen molar-refractivity contribution >= 4 is 11.8 Å². The molecule has 0 aliphatic carbocycles. The van der Waals surface area contributed by atoms with Crippen LogP contribution in [0, 0.1) is 5.92 Å². The first-order valence-corrected chi connectivity index (χ1v) is 10.1. The van der Waals surface area contributed by atoms with Crippen LogP contribution in [0.5, 0.6) is 0 Å². The van der Waals surface area contributed by atoms with Gasteiger partial charge in [0, 0.05) is 26.7 Å². The Morgan fingerprint density at radius 2 is 1.96 bits per heavy atom. The Hall–Kier alpha value is -2.63. The van der Waals surface area contributed by atoms with E-state index in [1.165, 1.54) is 0 Å². The summed E-state index contributed by atoms with van der Waals surface area (Å²) >= 11 is 0. The molecule has 28 heavy (non-hydrogen) atoms. The zero-order valence-corrected chi connectivity index (χ0v) is 17.1. The molecule has 0 saturated heterocycles. The molecule has 2 amide bonds. The van der Waals surface area contributed by atoms with Crippen LogP contribution in [-0.4, -0.2) is 39.9 Å². The largest absolute Gasteiger partial charge is 0.351 e. The fraction of sp³-hybridized carbons (Fsp3) is 0.500. The molecule has 1 aliphatic rings. The number of imidazole rings is 1. The van der Waals surface area contributed by atoms with E-state index < -0.39 is 0 Å². The van der Waals surface area contributed by atoms with Crippen LogP contribution in [0.3, 0.4) is 0 Å². The molecule has 3 rings (SSSR count). The van der Waals surface area contributed by atoms with E-state index in [2.05, 4.69) is 24.1 Å². The van der Waals surface area contributed by atoms with Gasteiger partial charge < -0.3 is 14.8 Å². The van der Waals surface area contributed by atoms with Gasteiger partial charge in [-0.15, -0.1) is 0 Å². The zero-order chi connectivity index (χ0) is 20.1. The lowest BCUT2D eigenvalue weighted by Gasteiger charge is -2.20. The van der Waals surface area contributed by atoms with Crippen molar-refractivity contribution in [3.63, 3.8) is 0 Å². The fourth-order valence-electron chi connectivity index (χ4n) is 3.55. The number of amides is 2. The summed E-state index contributed by atoms with van der Waals surface area (Å²) in [5.41, 5.74) is 2.38. The summed E-state index contributed by atoms with van der Waals surface area (Å²) in [7, 11) is 1.78. The average Bonchev–Trinajstić information content (AvgIpc) is 3.07. The van der Waals surface area contributed by atoms with Crippen molar-refractivity contribution in [1.82, 2.24) is 19.8 Å². The van der Waals surface area contributed by atoms with Gasteiger partial charge >= 0.3 is 0 Å². The quantitative estimate of drug-likeness (QED) is 0.799. The number of rotatable bonds is 7. The second kappa shape index (κ2) is 9.04. The van der Waals surface area contributed by atoms with Crippen LogP contribution < -0.4 is 5.32 Å². The fourth-order valence-corrected chi connectivity index (χ4v) is 3.55. The normalized spacial score (nSPS) is 13.3. The summed E-state index contributed by atoms with van der Waals surface area (Å²) in [6.07, 6.45) is 3.73. The third-order valence-corrected chi connectivity index (χ3v) is 5.14. The van der Waals surface area contributed by atoms with Crippen molar-refractivity contribution in [2.24, 2.45) is 5.92 Å². The van der Waals surface area contributed by atoms with Gasteiger partial charge in [-0.2, -0.15) is 0 Å². The highest BCUT2D eigenvalue weighted by atomic mass is 16.2. The number of carbonyl (C=O) groups is 2. The molecule has 2 heterocycles. The van der Waals surface area contributed by atoms with Crippen molar-refractivity contribution in [2.75, 3.05) is 13.6 Å². The number of aromatic nitrogens is 2. The molecule has 0 radical (unpaired) electrons. The summed E-state index contributed by atoms with van der Waals surface area (Å²) in [4.78, 5) is 31.9. The number of hydrogen-bond acceptors (Lipinski definition) is 3. The van der Waals surface area contributed by atoms with Crippen molar-refractivity contribution in [2.45, 2.75) is 52.6 Å². The van der Waals surface area contributed by atoms with Crippen LogP contribution in [-0.2, 0) is 19.5 Å². The highest BCUT2D eigenvalue weighted by molar-refractivity contribution is 5.97. The molecule has 1 aliphatic heterocycles. The molecule has 0 saturated carbocycles. The van der Waals surface area contributed by atoms with Gasteiger partial charge in [0.15, 0.2) is 5.82 Å². The van der Waals surface area contributed by atoms with Crippen molar-refractivity contribution in [3.05, 3.63) is 53.1 Å². The van der Waals surface area contributed by atoms with Crippen LogP contribution in [0.1, 0.15) is 65.5 Å². The maximum absolute atomic E-state index is 13.1. The lowest BCUT2D eigenvalue weighted by atomic mass is 10.1. The molecule has 0 unspecified atom stereocenters. The van der Waals surface area contributed by atoms with Gasteiger partial charge in [0.05, 0.1) is 5.69 Å². The Balaban J connectivity index is 1.79. The van der Waals surface area contributed by atoms with Gasteiger partial charge in [-0.05, 0) is 37.2 Å². The maximum Gasteiger partial charge on any atom is 0.289 e. The SMILES string of the molecule is CC(C)CCNC(=O)c1nc(C(=O)N(C)Cc2ccccc2)n2c1CCCC2. The molecule has 6 nitrogen and oxygen atoms in total. The smallest absolute Gasteiger partial charge is 0.289 e. The molecule has 150 valence electrons. The van der Waals surface area contributed by atoms with E-state index in [4.69, 9.17) is 0 Å². The summed E-state index contributed by atoms with van der Waals surface area (Å²) in [6, 6.07) is 9.88. The molecule has 0 fully saturated rings. The summed E-state index contributed by atoms with van der Waals surface area (Å²) < 4.78 is 1.95. The van der Waals surface area contributed by atoms with E-state index in [0.717, 1.165) is 43.5 Å². The van der Waals surface area contributed by atoms with E-state index in [1.807, 2.05) is 34.9 Å². The number of carbonyl (C=O) groups excluding carboxylic acids is 2. The Morgan fingerprint density at radius 1 is 1.21 bits per heavy atom. The van der Waals surface area contributed by atoms with E-state index >= 15 is 0 Å². The topological polar surface area (TPSA) is 67.2 Å². The van der Waals surface area contributed by atoms with Gasteiger partial charge in [-0.3, -0.25) is 9.59 Å². The minimum absolute atomic E-state index is 0.145. The Kier molecular flexibility index (Phi) is 6.49. The lowest BCUT2D eigenvalue weighted by molar-refractivity contribution is 0.0766. The number of benzene rings is 1. The van der Waals surface area contributed by atoms with Crippen molar-refractivity contribution < 1.29 is 9.59 Å². The Labute approximate surface area is 166 Å². The lowest BCUT2D eigenvalue weighted by Crippen LogP contribution is -2.30. The number of fused-ring (bicyclic) bond motifs is 1. The van der Waals surface area contributed by atoms with Gasteiger partial charge in [-0.1, -0.05) is 44.2 Å². The standard InChI is InChI=1S/C22H30N4O2/c1-16(2)12-13-23-21(27)19-18-11-7-8-14-26(18)20(24-19)22(28)25(3)15-17-9-5-4-6-10-17/h4-6,9-10,16H,7-8,11-15H2,1-3H3,(H,23,27). The van der Waals surface area contributed by atoms with E-state index in [9.17, 15) is 9.59 Å². The molecule has 1 aromatic heterocycles. The monoisotopic (exact) mass is 382 g/mol. The molecule has 1 N–H and O–H groups in total. The first kappa shape index (κ1) is 20.1. The second-order valence-electron chi connectivity index (χ2n) is 7.92. The molecule has 0 atom stereocenters. The van der Waals surface area contributed by atoms with E-state index in [1.54, 1.807) is 11.9 Å². The number of nitrogens with one attached hydrogen (secondary N) is 1. The van der Waals surface area contributed by atoms with Crippen LogP contribution in [0.25, 0.3) is 0 Å². The van der Waals surface area contributed by atoms with Gasteiger partial charge in [0.25, 0.3) is 11.8 Å². The predicted molar refractivity (Wildman–Crippen MR) is 109 cm³/mol. The van der Waals surface area contributed by atoms with E-state index in [0.29, 0.717) is 30.5 Å². The summed E-state index contributed by atoms with van der Waals surface area (Å²) in [5, 5.41) is 2.96. The summed E-state index contributed by atoms with van der Waals surface area (Å²) in [6.45, 7) is 6.13. The van der Waals surface area contributed by atoms with Gasteiger partial charge in [-0.25, -0.2) is 4.98 Å². The van der Waals surface area contributed by atoms with Crippen LogP contribution in [0.4, 0.5) is 0 Å². The Bertz CT molecular complexity index is 827. The molecule has 6 heteroatoms. The molecular weight excluding hydrogens is 352 g/mol. The van der Waals surface area contributed by atoms with Gasteiger partial charge in [0.1, 0.15) is 5.69 Å². The van der Waals surface area contributed by atoms with Crippen LogP contribution in [0.2, 0.25) is 0 Å². The molecular formula is C22H30N4O2. The van der Waals surface area contributed by atoms with Gasteiger partial charge in [0.2, 0.25) is 0 Å². The molecule has 2 aromatic rings. The molecule has 0 spiro atoms. The van der Waals surface area contributed by atoms with Crippen LogP contribution >= 0.6 is 0 Å². The molecule has 0 bridgehead atoms. The zero-order valence-electron chi connectivity index (χ0n) is 17.1. The predicted octanol–water partition coefficient (Wildman–Crippen LogP) is 3.27. The molecule has 1 aromatic carbocycles. The first-order valence-electron chi connectivity index (χ1n) is 10.1. The number of hydrogen-bond donors (Lipinski definition) is 1. The van der Waals surface area contributed by atoms with Crippen LogP contribution in [0.15, 0.2) is 30.3 Å².